The molecular weight excluding hydrogens is 236 g/mol. The molecule has 0 aliphatic heterocycles. The standard InChI is InChI=1S/C12H20N2O2S/c1-5-7(2)6-8(3)13-12-14-10(11(15)16)9(4)17-12/h7-8H,5-6H2,1-4H3,(H,13,14)(H,15,16). The molecule has 2 N–H and O–H groups in total. The van der Waals surface area contributed by atoms with Crippen LogP contribution in [-0.4, -0.2) is 22.1 Å². The molecule has 1 rings (SSSR count). The minimum atomic E-state index is -0.957. The highest BCUT2D eigenvalue weighted by molar-refractivity contribution is 7.15. The van der Waals surface area contributed by atoms with E-state index in [0.717, 1.165) is 17.7 Å². The first kappa shape index (κ1) is 14.0. The molecule has 1 heterocycles. The van der Waals surface area contributed by atoms with Crippen molar-refractivity contribution in [2.75, 3.05) is 5.32 Å². The number of aromatic nitrogens is 1. The van der Waals surface area contributed by atoms with E-state index in [1.807, 2.05) is 0 Å². The number of carboxylic acids is 1. The average Bonchev–Trinajstić information content (AvgIpc) is 2.59. The summed E-state index contributed by atoms with van der Waals surface area (Å²) >= 11 is 1.40. The number of nitrogens with zero attached hydrogens (tertiary/aromatic N) is 1. The van der Waals surface area contributed by atoms with Crippen LogP contribution < -0.4 is 5.32 Å². The van der Waals surface area contributed by atoms with E-state index in [-0.39, 0.29) is 5.69 Å². The maximum atomic E-state index is 10.9. The first-order chi connectivity index (χ1) is 7.93. The summed E-state index contributed by atoms with van der Waals surface area (Å²) in [5, 5.41) is 12.9. The van der Waals surface area contributed by atoms with E-state index in [2.05, 4.69) is 31.1 Å². The second-order valence-corrected chi connectivity index (χ2v) is 5.73. The zero-order chi connectivity index (χ0) is 13.0. The van der Waals surface area contributed by atoms with Crippen LogP contribution in [0.2, 0.25) is 0 Å². The lowest BCUT2D eigenvalue weighted by molar-refractivity contribution is 0.0690. The van der Waals surface area contributed by atoms with Gasteiger partial charge in [0, 0.05) is 10.9 Å². The quantitative estimate of drug-likeness (QED) is 0.819. The van der Waals surface area contributed by atoms with Gasteiger partial charge in [0.25, 0.3) is 0 Å². The lowest BCUT2D eigenvalue weighted by Crippen LogP contribution is -2.18. The summed E-state index contributed by atoms with van der Waals surface area (Å²) in [5.74, 6) is -0.293. The van der Waals surface area contributed by atoms with Crippen LogP contribution in [-0.2, 0) is 0 Å². The number of nitrogens with one attached hydrogen (secondary N) is 1. The van der Waals surface area contributed by atoms with Gasteiger partial charge in [0.15, 0.2) is 10.8 Å². The SMILES string of the molecule is CCC(C)CC(C)Nc1nc(C(=O)O)c(C)s1. The van der Waals surface area contributed by atoms with Gasteiger partial charge in [0.1, 0.15) is 0 Å². The van der Waals surface area contributed by atoms with Crippen LogP contribution in [0.25, 0.3) is 0 Å². The van der Waals surface area contributed by atoms with E-state index in [1.165, 1.54) is 11.3 Å². The van der Waals surface area contributed by atoms with Gasteiger partial charge in [0.2, 0.25) is 0 Å². The molecule has 1 aromatic rings. The van der Waals surface area contributed by atoms with Crippen LogP contribution >= 0.6 is 11.3 Å². The fourth-order valence-corrected chi connectivity index (χ4v) is 2.61. The van der Waals surface area contributed by atoms with Crippen molar-refractivity contribution in [2.24, 2.45) is 5.92 Å². The number of carboxylic acid groups (broad SMARTS) is 1. The van der Waals surface area contributed by atoms with Gasteiger partial charge in [-0.2, -0.15) is 0 Å². The monoisotopic (exact) mass is 256 g/mol. The van der Waals surface area contributed by atoms with Crippen LogP contribution in [0.1, 0.15) is 49.0 Å². The third-order valence-electron chi connectivity index (χ3n) is 2.82. The van der Waals surface area contributed by atoms with Gasteiger partial charge in [-0.1, -0.05) is 20.3 Å². The van der Waals surface area contributed by atoms with Crippen molar-refractivity contribution in [2.45, 2.75) is 46.6 Å². The second-order valence-electron chi connectivity index (χ2n) is 4.52. The summed E-state index contributed by atoms with van der Waals surface area (Å²) in [7, 11) is 0. The molecule has 0 amide bonds. The molecule has 0 bridgehead atoms. The molecule has 0 aromatic carbocycles. The van der Waals surface area contributed by atoms with Crippen molar-refractivity contribution < 1.29 is 9.90 Å². The lowest BCUT2D eigenvalue weighted by atomic mass is 10.0. The molecular formula is C12H20N2O2S. The summed E-state index contributed by atoms with van der Waals surface area (Å²) in [5.41, 5.74) is 0.160. The maximum absolute atomic E-state index is 10.9. The van der Waals surface area contributed by atoms with Crippen molar-refractivity contribution in [3.8, 4) is 0 Å². The van der Waals surface area contributed by atoms with Crippen LogP contribution in [0.3, 0.4) is 0 Å². The molecule has 0 fully saturated rings. The highest BCUT2D eigenvalue weighted by Crippen LogP contribution is 2.23. The first-order valence-electron chi connectivity index (χ1n) is 5.91. The van der Waals surface area contributed by atoms with Crippen molar-refractivity contribution in [1.82, 2.24) is 4.98 Å². The number of thiazole rings is 1. The molecule has 2 atom stereocenters. The third-order valence-corrected chi connectivity index (χ3v) is 3.72. The van der Waals surface area contributed by atoms with Crippen molar-refractivity contribution in [1.29, 1.82) is 0 Å². The Morgan fingerprint density at radius 3 is 2.65 bits per heavy atom. The van der Waals surface area contributed by atoms with Crippen LogP contribution in [0, 0.1) is 12.8 Å². The van der Waals surface area contributed by atoms with Gasteiger partial charge in [-0.25, -0.2) is 9.78 Å². The molecule has 2 unspecified atom stereocenters. The zero-order valence-corrected chi connectivity index (χ0v) is 11.6. The molecule has 0 spiro atoms. The number of aromatic carboxylic acids is 1. The molecule has 96 valence electrons. The molecule has 0 aliphatic carbocycles. The van der Waals surface area contributed by atoms with Crippen molar-refractivity contribution in [3.63, 3.8) is 0 Å². The predicted octanol–water partition coefficient (Wildman–Crippen LogP) is 3.39. The molecule has 0 saturated heterocycles. The molecule has 0 radical (unpaired) electrons. The Labute approximate surface area is 106 Å². The normalized spacial score (nSPS) is 14.4. The van der Waals surface area contributed by atoms with Gasteiger partial charge in [-0.3, -0.25) is 0 Å². The number of aryl methyl sites for hydroxylation is 1. The number of hydrogen-bond donors (Lipinski definition) is 2. The summed E-state index contributed by atoms with van der Waals surface area (Å²) in [6.07, 6.45) is 2.22. The maximum Gasteiger partial charge on any atom is 0.355 e. The van der Waals surface area contributed by atoms with E-state index in [4.69, 9.17) is 5.11 Å². The number of carbonyl (C=O) groups is 1. The Balaban J connectivity index is 2.63. The zero-order valence-electron chi connectivity index (χ0n) is 10.8. The van der Waals surface area contributed by atoms with Gasteiger partial charge >= 0.3 is 5.97 Å². The molecule has 0 aliphatic rings. The van der Waals surface area contributed by atoms with E-state index in [1.54, 1.807) is 6.92 Å². The number of hydrogen-bond acceptors (Lipinski definition) is 4. The average molecular weight is 256 g/mol. The minimum Gasteiger partial charge on any atom is -0.476 e. The molecule has 1 aromatic heterocycles. The largest absolute Gasteiger partial charge is 0.476 e. The fourth-order valence-electron chi connectivity index (χ4n) is 1.70. The molecule has 4 nitrogen and oxygen atoms in total. The highest BCUT2D eigenvalue weighted by atomic mass is 32.1. The second kappa shape index (κ2) is 6.00. The first-order valence-corrected chi connectivity index (χ1v) is 6.72. The Hall–Kier alpha value is -1.10. The molecule has 17 heavy (non-hydrogen) atoms. The number of rotatable bonds is 6. The summed E-state index contributed by atoms with van der Waals surface area (Å²) < 4.78 is 0. The van der Waals surface area contributed by atoms with Gasteiger partial charge in [-0.05, 0) is 26.2 Å². The summed E-state index contributed by atoms with van der Waals surface area (Å²) in [6.45, 7) is 8.27. The topological polar surface area (TPSA) is 62.2 Å². The number of anilines is 1. The van der Waals surface area contributed by atoms with Crippen LogP contribution in [0.5, 0.6) is 0 Å². The van der Waals surface area contributed by atoms with E-state index in [0.29, 0.717) is 17.1 Å². The Bertz CT molecular complexity index is 390. The minimum absolute atomic E-state index is 0.160. The van der Waals surface area contributed by atoms with Crippen LogP contribution in [0.4, 0.5) is 5.13 Å². The van der Waals surface area contributed by atoms with Crippen LogP contribution in [0.15, 0.2) is 0 Å². The van der Waals surface area contributed by atoms with Gasteiger partial charge < -0.3 is 10.4 Å². The smallest absolute Gasteiger partial charge is 0.355 e. The van der Waals surface area contributed by atoms with Gasteiger partial charge in [0.05, 0.1) is 0 Å². The fraction of sp³-hybridized carbons (Fsp3) is 0.667. The Morgan fingerprint density at radius 2 is 2.18 bits per heavy atom. The highest BCUT2D eigenvalue weighted by Gasteiger charge is 2.15. The van der Waals surface area contributed by atoms with E-state index >= 15 is 0 Å². The summed E-state index contributed by atoms with van der Waals surface area (Å²) in [6, 6.07) is 0.317. The van der Waals surface area contributed by atoms with Gasteiger partial charge in [-0.15, -0.1) is 11.3 Å². The van der Waals surface area contributed by atoms with Crippen molar-refractivity contribution >= 4 is 22.4 Å². The third kappa shape index (κ3) is 4.00. The van der Waals surface area contributed by atoms with Crippen molar-refractivity contribution in [3.05, 3.63) is 10.6 Å². The predicted molar refractivity (Wildman–Crippen MR) is 71.0 cm³/mol. The van der Waals surface area contributed by atoms with E-state index in [9.17, 15) is 4.79 Å². The van der Waals surface area contributed by atoms with E-state index < -0.39 is 5.97 Å². The Kier molecular flexibility index (Phi) is 4.93. The Morgan fingerprint density at radius 1 is 1.53 bits per heavy atom. The molecule has 0 saturated carbocycles. The molecule has 5 heteroatoms. The summed E-state index contributed by atoms with van der Waals surface area (Å²) in [4.78, 5) is 15.7. The lowest BCUT2D eigenvalue weighted by Gasteiger charge is -2.16.